The van der Waals surface area contributed by atoms with Crippen LogP contribution in [0.5, 0.6) is 17.2 Å². The number of aryl methyl sites for hydroxylation is 1. The summed E-state index contributed by atoms with van der Waals surface area (Å²) in [5, 5.41) is -0.448. The van der Waals surface area contributed by atoms with Gasteiger partial charge in [-0.1, -0.05) is 22.9 Å². The summed E-state index contributed by atoms with van der Waals surface area (Å²) in [6, 6.07) is 13.7. The summed E-state index contributed by atoms with van der Waals surface area (Å²) in [5.41, 5.74) is 0.371. The maximum Gasteiger partial charge on any atom is 0.493 e. The van der Waals surface area contributed by atoms with Crippen molar-refractivity contribution in [1.29, 1.82) is 0 Å². The third-order valence-electron chi connectivity index (χ3n) is 5.43. The number of pyridine rings is 1. The first kappa shape index (κ1) is 31.5. The molecule has 0 radical (unpaired) electrons. The van der Waals surface area contributed by atoms with Crippen LogP contribution in [-0.2, 0) is 24.4 Å². The zero-order valence-electron chi connectivity index (χ0n) is 22.3. The Labute approximate surface area is 251 Å². The second-order valence-corrected chi connectivity index (χ2v) is 11.5. The fourth-order valence-electron chi connectivity index (χ4n) is 3.42. The molecular formula is C26H20ClF3N4O7S2. The number of nitrogens with zero attached hydrogens (tertiary/aromatic N) is 3. The molecule has 0 fully saturated rings. The molecule has 0 saturated carbocycles. The Kier molecular flexibility index (Phi) is 9.12. The number of ether oxygens (including phenoxy) is 2. The summed E-state index contributed by atoms with van der Waals surface area (Å²) in [5.74, 6) is -2.12. The first-order valence-corrected chi connectivity index (χ1v) is 14.5. The number of anilines is 2. The predicted molar refractivity (Wildman–Crippen MR) is 151 cm³/mol. The Bertz CT molecular complexity index is 1760. The molecule has 0 unspecified atom stereocenters. The molecule has 0 aliphatic rings. The van der Waals surface area contributed by atoms with E-state index in [4.69, 9.17) is 21.1 Å². The van der Waals surface area contributed by atoms with Gasteiger partial charge in [-0.05, 0) is 61.5 Å². The second-order valence-electron chi connectivity index (χ2n) is 8.52. The molecule has 1 amide bonds. The Morgan fingerprint density at radius 3 is 2.16 bits per heavy atom. The maximum atomic E-state index is 13.1. The van der Waals surface area contributed by atoms with Gasteiger partial charge in [0.25, 0.3) is 15.9 Å². The number of thiazole rings is 1. The number of nitrogens with one attached hydrogen (secondary N) is 1. The lowest BCUT2D eigenvalue weighted by Gasteiger charge is -2.17. The fraction of sp³-hybridized carbons (Fsp3) is 0.154. The highest BCUT2D eigenvalue weighted by Crippen LogP contribution is 2.37. The second kappa shape index (κ2) is 12.4. The normalized spacial score (nSPS) is 11.5. The summed E-state index contributed by atoms with van der Waals surface area (Å²) in [6.07, 6.45) is -4.07. The lowest BCUT2D eigenvalue weighted by molar-refractivity contribution is -0.201. The van der Waals surface area contributed by atoms with E-state index in [0.29, 0.717) is 28.6 Å². The van der Waals surface area contributed by atoms with E-state index in [1.165, 1.54) is 50.6 Å². The molecule has 0 saturated heterocycles. The van der Waals surface area contributed by atoms with Crippen LogP contribution >= 0.6 is 22.9 Å². The van der Waals surface area contributed by atoms with Crippen LogP contribution in [0.1, 0.15) is 12.6 Å². The molecule has 0 aliphatic heterocycles. The SMILES string of the molecule is COc1ccc(Oc2ccc(S(=O)(=O)Nc3cc(-c4sc(N(OC(=O)C(F)(F)F)C(C)=O)nc4C)cnc3Cl)cc2)cc1. The van der Waals surface area contributed by atoms with Gasteiger partial charge in [0, 0.05) is 18.7 Å². The molecule has 0 aliphatic carbocycles. The van der Waals surface area contributed by atoms with Crippen molar-refractivity contribution in [2.45, 2.75) is 24.9 Å². The summed E-state index contributed by atoms with van der Waals surface area (Å²) in [4.78, 5) is 35.6. The van der Waals surface area contributed by atoms with E-state index in [1.54, 1.807) is 24.3 Å². The van der Waals surface area contributed by atoms with E-state index in [1.807, 2.05) is 0 Å². The lowest BCUT2D eigenvalue weighted by Crippen LogP contribution is -2.37. The minimum absolute atomic E-state index is 0.112. The average Bonchev–Trinajstić information content (AvgIpc) is 3.33. The number of rotatable bonds is 8. The number of hydrogen-bond donors (Lipinski definition) is 1. The summed E-state index contributed by atoms with van der Waals surface area (Å²) < 4.78 is 77.5. The molecule has 4 rings (SSSR count). The van der Waals surface area contributed by atoms with Crippen molar-refractivity contribution in [1.82, 2.24) is 9.97 Å². The van der Waals surface area contributed by atoms with Crippen LogP contribution in [-0.4, -0.2) is 43.5 Å². The minimum Gasteiger partial charge on any atom is -0.497 e. The molecule has 0 atom stereocenters. The molecule has 2 heterocycles. The molecule has 4 aromatic rings. The smallest absolute Gasteiger partial charge is 0.493 e. The van der Waals surface area contributed by atoms with Crippen molar-refractivity contribution in [3.05, 3.63) is 71.6 Å². The van der Waals surface area contributed by atoms with Gasteiger partial charge < -0.3 is 14.3 Å². The summed E-state index contributed by atoms with van der Waals surface area (Å²) in [7, 11) is -2.63. The van der Waals surface area contributed by atoms with Crippen LogP contribution in [0.4, 0.5) is 24.0 Å². The summed E-state index contributed by atoms with van der Waals surface area (Å²) >= 11 is 6.86. The Morgan fingerprint density at radius 2 is 1.60 bits per heavy atom. The molecule has 11 nitrogen and oxygen atoms in total. The first-order chi connectivity index (χ1) is 20.2. The van der Waals surface area contributed by atoms with E-state index in [-0.39, 0.29) is 42.1 Å². The van der Waals surface area contributed by atoms with Gasteiger partial charge in [0.2, 0.25) is 5.13 Å². The number of halogens is 4. The third kappa shape index (κ3) is 7.52. The highest BCUT2D eigenvalue weighted by Gasteiger charge is 2.44. The number of hydroxylamine groups is 1. The monoisotopic (exact) mass is 656 g/mol. The van der Waals surface area contributed by atoms with E-state index in [0.717, 1.165) is 6.92 Å². The van der Waals surface area contributed by atoms with Crippen LogP contribution in [0.25, 0.3) is 10.4 Å². The molecule has 0 spiro atoms. The molecule has 2 aromatic carbocycles. The molecule has 43 heavy (non-hydrogen) atoms. The highest BCUT2D eigenvalue weighted by molar-refractivity contribution is 7.92. The molecule has 2 aromatic heterocycles. The molecule has 1 N–H and O–H groups in total. The van der Waals surface area contributed by atoms with Gasteiger partial charge in [0.15, 0.2) is 5.15 Å². The number of sulfonamides is 1. The zero-order valence-corrected chi connectivity index (χ0v) is 24.7. The quantitative estimate of drug-likeness (QED) is 0.175. The van der Waals surface area contributed by atoms with E-state index >= 15 is 0 Å². The number of carbonyl (C=O) groups is 2. The lowest BCUT2D eigenvalue weighted by atomic mass is 10.2. The van der Waals surface area contributed by atoms with Crippen molar-refractivity contribution in [3.8, 4) is 27.7 Å². The Hall–Kier alpha value is -4.41. The summed E-state index contributed by atoms with van der Waals surface area (Å²) in [6.45, 7) is 2.36. The largest absolute Gasteiger partial charge is 0.497 e. The average molecular weight is 657 g/mol. The number of hydrogen-bond acceptors (Lipinski definition) is 10. The number of amides is 1. The standard InChI is InChI=1S/C26H20ClF3N4O7S2/c1-14-22(42-25(32-14)34(15(2)35)41-24(36)26(28,29)30)16-12-21(23(27)31-13-16)33-43(37,38)20-10-8-19(9-11-20)40-18-6-4-17(39-3)5-7-18/h4-13,33H,1-3H3. The molecular weight excluding hydrogens is 637 g/mol. The van der Waals surface area contributed by atoms with Crippen molar-refractivity contribution < 1.29 is 45.5 Å². The van der Waals surface area contributed by atoms with Crippen LogP contribution in [0.3, 0.4) is 0 Å². The van der Waals surface area contributed by atoms with E-state index in [9.17, 15) is 31.2 Å². The molecule has 226 valence electrons. The maximum absolute atomic E-state index is 13.1. The van der Waals surface area contributed by atoms with E-state index < -0.39 is 28.1 Å². The predicted octanol–water partition coefficient (Wildman–Crippen LogP) is 6.14. The molecule has 0 bridgehead atoms. The van der Waals surface area contributed by atoms with Gasteiger partial charge in [0.1, 0.15) is 17.2 Å². The van der Waals surface area contributed by atoms with Gasteiger partial charge >= 0.3 is 12.1 Å². The van der Waals surface area contributed by atoms with Crippen molar-refractivity contribution >= 4 is 55.7 Å². The Morgan fingerprint density at radius 1 is 1.02 bits per heavy atom. The topological polar surface area (TPSA) is 137 Å². The van der Waals surface area contributed by atoms with Gasteiger partial charge in [0.05, 0.1) is 28.3 Å². The van der Waals surface area contributed by atoms with Crippen LogP contribution in [0.15, 0.2) is 65.7 Å². The van der Waals surface area contributed by atoms with Crippen LogP contribution < -0.4 is 19.3 Å². The Balaban J connectivity index is 1.55. The van der Waals surface area contributed by atoms with Gasteiger partial charge in [-0.15, -0.1) is 5.06 Å². The number of carbonyl (C=O) groups excluding carboxylic acids is 2. The van der Waals surface area contributed by atoms with E-state index in [2.05, 4.69) is 19.5 Å². The minimum atomic E-state index is -5.35. The molecule has 17 heteroatoms. The third-order valence-corrected chi connectivity index (χ3v) is 8.28. The van der Waals surface area contributed by atoms with Gasteiger partial charge in [-0.2, -0.15) is 13.2 Å². The highest BCUT2D eigenvalue weighted by atomic mass is 35.5. The van der Waals surface area contributed by atoms with Crippen molar-refractivity contribution in [2.24, 2.45) is 0 Å². The van der Waals surface area contributed by atoms with Crippen molar-refractivity contribution in [3.63, 3.8) is 0 Å². The number of alkyl halides is 3. The van der Waals surface area contributed by atoms with Crippen molar-refractivity contribution in [2.75, 3.05) is 16.9 Å². The van der Waals surface area contributed by atoms with Crippen LogP contribution in [0, 0.1) is 6.92 Å². The number of benzene rings is 2. The zero-order chi connectivity index (χ0) is 31.5. The van der Waals surface area contributed by atoms with Gasteiger partial charge in [-0.3, -0.25) is 9.52 Å². The fourth-order valence-corrected chi connectivity index (χ4v) is 5.72. The number of methoxy groups -OCH3 is 1. The number of aromatic nitrogens is 2. The first-order valence-electron chi connectivity index (χ1n) is 11.9. The van der Waals surface area contributed by atoms with Crippen LogP contribution in [0.2, 0.25) is 5.15 Å². The van der Waals surface area contributed by atoms with Gasteiger partial charge in [-0.25, -0.2) is 23.2 Å².